The fourth-order valence-electron chi connectivity index (χ4n) is 6.98. The van der Waals surface area contributed by atoms with Crippen LogP contribution in [0.1, 0.15) is 72.0 Å². The van der Waals surface area contributed by atoms with Gasteiger partial charge >= 0.3 is 17.9 Å². The number of hydrogen-bond acceptors (Lipinski definition) is 8. The summed E-state index contributed by atoms with van der Waals surface area (Å²) < 4.78 is 22.5. The number of carbonyl (C=O) groups excluding carboxylic acids is 4. The third-order valence-corrected chi connectivity index (χ3v) is 8.20. The molecule has 1 aliphatic heterocycles. The van der Waals surface area contributed by atoms with Crippen LogP contribution < -0.4 is 0 Å². The van der Waals surface area contributed by atoms with Gasteiger partial charge in [0.1, 0.15) is 12.2 Å². The number of ketones is 1. The number of Topliss-reactive ketones (excluding diaryl/α,β-unsaturated/α-hetero) is 1. The molecule has 2 aliphatic carbocycles. The number of ether oxygens (including phenoxy) is 3. The quantitative estimate of drug-likeness (QED) is 0.466. The highest BCUT2D eigenvalue weighted by atomic mass is 16.6. The summed E-state index contributed by atoms with van der Waals surface area (Å²) in [6.45, 7) is 8.14. The molecule has 1 aromatic rings. The first-order valence-corrected chi connectivity index (χ1v) is 11.8. The van der Waals surface area contributed by atoms with E-state index in [1.807, 2.05) is 13.8 Å². The number of fused-ring (bicyclic) bond motifs is 3. The minimum atomic E-state index is -0.925. The lowest BCUT2D eigenvalue weighted by Gasteiger charge is -2.62. The molecular formula is C26H32O8. The largest absolute Gasteiger partial charge is 0.472 e. The molecule has 34 heavy (non-hydrogen) atoms. The minimum absolute atomic E-state index is 0.114. The maximum Gasteiger partial charge on any atom is 0.310 e. The predicted octanol–water partition coefficient (Wildman–Crippen LogP) is 4.09. The van der Waals surface area contributed by atoms with E-state index in [1.54, 1.807) is 18.4 Å². The molecule has 0 N–H and O–H groups in total. The Morgan fingerprint density at radius 1 is 1.15 bits per heavy atom. The maximum absolute atomic E-state index is 13.3. The second-order valence-corrected chi connectivity index (χ2v) is 10.1. The van der Waals surface area contributed by atoms with Crippen molar-refractivity contribution in [1.82, 2.24) is 0 Å². The Bertz CT molecular complexity index is 1020. The number of hydrogen-bond donors (Lipinski definition) is 0. The first-order valence-electron chi connectivity index (χ1n) is 11.8. The molecule has 1 aromatic heterocycles. The van der Waals surface area contributed by atoms with Crippen molar-refractivity contribution in [1.29, 1.82) is 0 Å². The van der Waals surface area contributed by atoms with E-state index in [-0.39, 0.29) is 11.8 Å². The molecular weight excluding hydrogens is 440 g/mol. The summed E-state index contributed by atoms with van der Waals surface area (Å²) >= 11 is 0. The van der Waals surface area contributed by atoms with Crippen molar-refractivity contribution < 1.29 is 37.8 Å². The first-order chi connectivity index (χ1) is 16.0. The summed E-state index contributed by atoms with van der Waals surface area (Å²) in [5.41, 5.74) is -0.00153. The SMILES string of the molecule is CC[C@@]12CCC3C(=O)OC(c4ccoc4)C[C@]3(C)C1[C@@H](OC(C)=O)[C@@H](OC(C)=O)C=C2C(C)=O. The van der Waals surface area contributed by atoms with Crippen LogP contribution in [0.5, 0.6) is 0 Å². The van der Waals surface area contributed by atoms with Crippen LogP contribution >= 0.6 is 0 Å². The average Bonchev–Trinajstić information content (AvgIpc) is 3.28. The smallest absolute Gasteiger partial charge is 0.310 e. The minimum Gasteiger partial charge on any atom is -0.472 e. The molecule has 2 heterocycles. The van der Waals surface area contributed by atoms with Gasteiger partial charge in [-0.15, -0.1) is 0 Å². The number of rotatable bonds is 5. The summed E-state index contributed by atoms with van der Waals surface area (Å²) in [4.78, 5) is 50.5. The van der Waals surface area contributed by atoms with Gasteiger partial charge in [-0.1, -0.05) is 13.8 Å². The van der Waals surface area contributed by atoms with Gasteiger partial charge in [0.05, 0.1) is 18.4 Å². The highest BCUT2D eigenvalue weighted by Gasteiger charge is 2.67. The molecule has 0 spiro atoms. The Balaban J connectivity index is 1.91. The van der Waals surface area contributed by atoms with E-state index in [0.717, 1.165) is 5.56 Å². The van der Waals surface area contributed by atoms with Gasteiger partial charge in [-0.05, 0) is 50.2 Å². The zero-order valence-corrected chi connectivity index (χ0v) is 20.3. The Morgan fingerprint density at radius 2 is 1.85 bits per heavy atom. The summed E-state index contributed by atoms with van der Waals surface area (Å²) in [5, 5.41) is 0. The van der Waals surface area contributed by atoms with Crippen molar-refractivity contribution in [3.63, 3.8) is 0 Å². The van der Waals surface area contributed by atoms with E-state index < -0.39 is 52.9 Å². The molecule has 0 amide bonds. The number of allylic oxidation sites excluding steroid dienone is 1. The van der Waals surface area contributed by atoms with E-state index in [2.05, 4.69) is 0 Å². The van der Waals surface area contributed by atoms with Gasteiger partial charge in [-0.3, -0.25) is 19.2 Å². The number of carbonyl (C=O) groups is 4. The van der Waals surface area contributed by atoms with Gasteiger partial charge in [0.15, 0.2) is 11.9 Å². The van der Waals surface area contributed by atoms with E-state index in [9.17, 15) is 19.2 Å². The van der Waals surface area contributed by atoms with E-state index in [1.165, 1.54) is 27.0 Å². The molecule has 1 saturated carbocycles. The highest BCUT2D eigenvalue weighted by molar-refractivity contribution is 5.95. The fourth-order valence-corrected chi connectivity index (χ4v) is 6.98. The number of esters is 3. The van der Waals surface area contributed by atoms with Crippen molar-refractivity contribution in [2.24, 2.45) is 22.7 Å². The van der Waals surface area contributed by atoms with Crippen molar-refractivity contribution in [3.8, 4) is 0 Å². The molecule has 7 atom stereocenters. The van der Waals surface area contributed by atoms with Crippen LogP contribution in [0.4, 0.5) is 0 Å². The maximum atomic E-state index is 13.3. The lowest BCUT2D eigenvalue weighted by Crippen LogP contribution is -2.64. The summed E-state index contributed by atoms with van der Waals surface area (Å²) in [6.07, 6.45) is 4.65. The van der Waals surface area contributed by atoms with Gasteiger partial charge in [-0.25, -0.2) is 0 Å². The molecule has 0 aromatic carbocycles. The first kappa shape index (κ1) is 24.2. The number of furan rings is 1. The van der Waals surface area contributed by atoms with Crippen LogP contribution in [-0.2, 0) is 33.4 Å². The molecule has 3 aliphatic rings. The van der Waals surface area contributed by atoms with Crippen LogP contribution in [0.2, 0.25) is 0 Å². The molecule has 184 valence electrons. The van der Waals surface area contributed by atoms with E-state index in [0.29, 0.717) is 31.3 Å². The van der Waals surface area contributed by atoms with Crippen LogP contribution in [0.3, 0.4) is 0 Å². The van der Waals surface area contributed by atoms with Gasteiger partial charge in [-0.2, -0.15) is 0 Å². The molecule has 0 radical (unpaired) electrons. The van der Waals surface area contributed by atoms with Crippen LogP contribution in [0.15, 0.2) is 34.7 Å². The molecule has 1 saturated heterocycles. The van der Waals surface area contributed by atoms with Crippen LogP contribution in [0.25, 0.3) is 0 Å². The van der Waals surface area contributed by atoms with Crippen molar-refractivity contribution in [3.05, 3.63) is 35.8 Å². The van der Waals surface area contributed by atoms with Crippen LogP contribution in [-0.4, -0.2) is 35.9 Å². The van der Waals surface area contributed by atoms with Gasteiger partial charge < -0.3 is 18.6 Å². The normalized spacial score (nSPS) is 36.9. The molecule has 8 heteroatoms. The van der Waals surface area contributed by atoms with Crippen molar-refractivity contribution in [2.75, 3.05) is 0 Å². The topological polar surface area (TPSA) is 109 Å². The Hall–Kier alpha value is -2.90. The van der Waals surface area contributed by atoms with Crippen molar-refractivity contribution in [2.45, 2.75) is 78.6 Å². The predicted molar refractivity (Wildman–Crippen MR) is 119 cm³/mol. The molecule has 3 unspecified atom stereocenters. The fraction of sp³-hybridized carbons (Fsp3) is 0.615. The molecule has 2 fully saturated rings. The zero-order valence-electron chi connectivity index (χ0n) is 20.3. The summed E-state index contributed by atoms with van der Waals surface area (Å²) in [7, 11) is 0. The monoisotopic (exact) mass is 472 g/mol. The Kier molecular flexibility index (Phi) is 6.21. The molecule has 4 rings (SSSR count). The van der Waals surface area contributed by atoms with Gasteiger partial charge in [0, 0.05) is 36.3 Å². The summed E-state index contributed by atoms with van der Waals surface area (Å²) in [5.74, 6) is -2.36. The van der Waals surface area contributed by atoms with E-state index >= 15 is 0 Å². The third kappa shape index (κ3) is 3.77. The molecule has 8 nitrogen and oxygen atoms in total. The Labute approximate surface area is 199 Å². The Morgan fingerprint density at radius 3 is 2.41 bits per heavy atom. The van der Waals surface area contributed by atoms with E-state index in [4.69, 9.17) is 18.6 Å². The standard InChI is InChI=1S/C26H32O8/c1-6-26-9-7-18-24(30)34-21(17-8-10-31-13-17)12-25(18,5)23(26)22(33-16(4)29)20(32-15(3)28)11-19(26)14(2)27/h8,10-11,13,18,20-23H,6-7,9,12H2,1-5H3/t18?,20-,21?,22-,23?,25-,26-/m0/s1. The zero-order chi connectivity index (χ0) is 24.8. The highest BCUT2D eigenvalue weighted by Crippen LogP contribution is 2.66. The third-order valence-electron chi connectivity index (χ3n) is 8.20. The second kappa shape index (κ2) is 8.71. The lowest BCUT2D eigenvalue weighted by molar-refractivity contribution is -0.218. The molecule has 0 bridgehead atoms. The second-order valence-electron chi connectivity index (χ2n) is 10.1. The average molecular weight is 473 g/mol. The lowest BCUT2D eigenvalue weighted by atomic mass is 9.43. The number of cyclic esters (lactones) is 1. The van der Waals surface area contributed by atoms with Gasteiger partial charge in [0.2, 0.25) is 0 Å². The van der Waals surface area contributed by atoms with Gasteiger partial charge in [0.25, 0.3) is 0 Å². The summed E-state index contributed by atoms with van der Waals surface area (Å²) in [6, 6.07) is 1.77. The van der Waals surface area contributed by atoms with Crippen LogP contribution in [0, 0.1) is 22.7 Å². The van der Waals surface area contributed by atoms with Crippen molar-refractivity contribution >= 4 is 23.7 Å².